The van der Waals surface area contributed by atoms with Gasteiger partial charge in [-0.25, -0.2) is 5.84 Å². The van der Waals surface area contributed by atoms with Crippen molar-refractivity contribution in [3.05, 3.63) is 34.9 Å². The van der Waals surface area contributed by atoms with E-state index < -0.39 is 0 Å². The molecule has 0 radical (unpaired) electrons. The normalized spacial score (nSPS) is 16.6. The summed E-state index contributed by atoms with van der Waals surface area (Å²) in [6, 6.07) is 6.68. The summed E-state index contributed by atoms with van der Waals surface area (Å²) in [6.45, 7) is 4.20. The lowest BCUT2D eigenvalue weighted by molar-refractivity contribution is 0.968. The van der Waals surface area contributed by atoms with Gasteiger partial charge in [0, 0.05) is 5.56 Å². The van der Waals surface area contributed by atoms with Gasteiger partial charge in [-0.2, -0.15) is 0 Å². The van der Waals surface area contributed by atoms with Crippen LogP contribution >= 0.6 is 0 Å². The van der Waals surface area contributed by atoms with Crippen molar-refractivity contribution in [2.75, 3.05) is 0 Å². The molecular formula is C12H17N3. The topological polar surface area (TPSA) is 50.4 Å². The van der Waals surface area contributed by atoms with E-state index in [1.165, 1.54) is 24.0 Å². The van der Waals surface area contributed by atoms with Gasteiger partial charge in [-0.3, -0.25) is 4.99 Å². The van der Waals surface area contributed by atoms with Crippen molar-refractivity contribution in [2.24, 2.45) is 10.8 Å². The fourth-order valence-electron chi connectivity index (χ4n) is 1.58. The first kappa shape index (κ1) is 10.2. The van der Waals surface area contributed by atoms with E-state index in [0.29, 0.717) is 6.04 Å². The minimum Gasteiger partial charge on any atom is -0.308 e. The maximum atomic E-state index is 5.52. The Kier molecular flexibility index (Phi) is 2.73. The van der Waals surface area contributed by atoms with Crippen molar-refractivity contribution in [1.82, 2.24) is 5.43 Å². The van der Waals surface area contributed by atoms with Crippen LogP contribution in [0.25, 0.3) is 0 Å². The van der Waals surface area contributed by atoms with Crippen molar-refractivity contribution >= 4 is 5.84 Å². The highest BCUT2D eigenvalue weighted by molar-refractivity contribution is 6.00. The second-order valence-electron chi connectivity index (χ2n) is 4.10. The first-order chi connectivity index (χ1) is 7.22. The number of aliphatic imine (C=N–C) groups is 1. The molecule has 0 aromatic heterocycles. The van der Waals surface area contributed by atoms with E-state index in [1.807, 2.05) is 6.07 Å². The summed E-state index contributed by atoms with van der Waals surface area (Å²) in [5.41, 5.74) is 6.34. The van der Waals surface area contributed by atoms with Gasteiger partial charge in [0.1, 0.15) is 5.84 Å². The summed E-state index contributed by atoms with van der Waals surface area (Å²) in [6.07, 6.45) is 2.38. The predicted molar refractivity (Wildman–Crippen MR) is 62.8 cm³/mol. The smallest absolute Gasteiger partial charge is 0.143 e. The fourth-order valence-corrected chi connectivity index (χ4v) is 1.58. The molecule has 0 spiro atoms. The molecule has 0 atom stereocenters. The molecule has 0 aliphatic heterocycles. The van der Waals surface area contributed by atoms with Crippen LogP contribution < -0.4 is 11.3 Å². The molecule has 3 N–H and O–H groups in total. The first-order valence-corrected chi connectivity index (χ1v) is 5.33. The van der Waals surface area contributed by atoms with E-state index >= 15 is 0 Å². The van der Waals surface area contributed by atoms with Crippen molar-refractivity contribution in [3.8, 4) is 0 Å². The minimum atomic E-state index is 0.482. The third-order valence-corrected chi connectivity index (χ3v) is 2.86. The van der Waals surface area contributed by atoms with Gasteiger partial charge in [-0.1, -0.05) is 18.2 Å². The summed E-state index contributed by atoms with van der Waals surface area (Å²) in [5, 5.41) is 0. The van der Waals surface area contributed by atoms with Crippen molar-refractivity contribution < 1.29 is 0 Å². The van der Waals surface area contributed by atoms with Crippen molar-refractivity contribution in [3.63, 3.8) is 0 Å². The average Bonchev–Trinajstić information content (AvgIpc) is 3.03. The fraction of sp³-hybridized carbons (Fsp3) is 0.417. The summed E-state index contributed by atoms with van der Waals surface area (Å²) >= 11 is 0. The first-order valence-electron chi connectivity index (χ1n) is 5.33. The molecule has 80 valence electrons. The second kappa shape index (κ2) is 4.03. The molecule has 15 heavy (non-hydrogen) atoms. The molecule has 1 aromatic rings. The monoisotopic (exact) mass is 203 g/mol. The van der Waals surface area contributed by atoms with Gasteiger partial charge in [-0.15, -0.1) is 0 Å². The van der Waals surface area contributed by atoms with E-state index in [2.05, 4.69) is 36.4 Å². The number of nitrogens with two attached hydrogens (primary N) is 1. The Balaban J connectivity index is 2.37. The Bertz CT molecular complexity index is 392. The molecule has 0 heterocycles. The predicted octanol–water partition coefficient (Wildman–Crippen LogP) is 1.68. The number of nitrogens with zero attached hydrogens (tertiary/aromatic N) is 1. The molecular weight excluding hydrogens is 186 g/mol. The standard InChI is InChI=1S/C12H17N3/c1-8-4-3-5-11(9(8)2)12(15-13)14-10-6-7-10/h3-5,10H,6-7,13H2,1-2H3,(H,14,15). The number of hydrogen-bond donors (Lipinski definition) is 2. The SMILES string of the molecule is Cc1cccc(C(=NC2CC2)NN)c1C. The molecule has 1 aliphatic carbocycles. The molecule has 0 bridgehead atoms. The van der Waals surface area contributed by atoms with Gasteiger partial charge in [-0.05, 0) is 37.8 Å². The lowest BCUT2D eigenvalue weighted by atomic mass is 10.0. The number of hydrazine groups is 1. The van der Waals surface area contributed by atoms with Crippen LogP contribution in [0, 0.1) is 13.8 Å². The molecule has 0 saturated heterocycles. The zero-order valence-electron chi connectivity index (χ0n) is 9.25. The number of rotatable bonds is 2. The molecule has 1 aromatic carbocycles. The molecule has 0 unspecified atom stereocenters. The van der Waals surface area contributed by atoms with Crippen molar-refractivity contribution in [1.29, 1.82) is 0 Å². The summed E-state index contributed by atoms with van der Waals surface area (Å²) < 4.78 is 0. The number of amidine groups is 1. The molecule has 3 heteroatoms. The number of aryl methyl sites for hydroxylation is 1. The quantitative estimate of drug-likeness (QED) is 0.332. The maximum Gasteiger partial charge on any atom is 0.143 e. The highest BCUT2D eigenvalue weighted by Crippen LogP contribution is 2.24. The number of hydrogen-bond acceptors (Lipinski definition) is 2. The minimum absolute atomic E-state index is 0.482. The van der Waals surface area contributed by atoms with Crippen LogP contribution in [0.3, 0.4) is 0 Å². The van der Waals surface area contributed by atoms with Crippen LogP contribution in [0.1, 0.15) is 29.5 Å². The molecule has 1 aliphatic rings. The van der Waals surface area contributed by atoms with Crippen LogP contribution in [-0.2, 0) is 0 Å². The van der Waals surface area contributed by atoms with Gasteiger partial charge in [0.15, 0.2) is 0 Å². The summed E-state index contributed by atoms with van der Waals surface area (Å²) in [4.78, 5) is 4.56. The third kappa shape index (κ3) is 2.18. The Morgan fingerprint density at radius 1 is 1.40 bits per heavy atom. The Labute approximate surface area is 90.4 Å². The highest BCUT2D eigenvalue weighted by Gasteiger charge is 2.21. The molecule has 1 saturated carbocycles. The third-order valence-electron chi connectivity index (χ3n) is 2.86. The zero-order valence-corrected chi connectivity index (χ0v) is 9.25. The van der Waals surface area contributed by atoms with E-state index in [4.69, 9.17) is 5.84 Å². The average molecular weight is 203 g/mol. The molecule has 1 fully saturated rings. The van der Waals surface area contributed by atoms with Crippen molar-refractivity contribution in [2.45, 2.75) is 32.7 Å². The Hall–Kier alpha value is -1.35. The van der Waals surface area contributed by atoms with E-state index in [-0.39, 0.29) is 0 Å². The van der Waals surface area contributed by atoms with E-state index in [9.17, 15) is 0 Å². The Morgan fingerprint density at radius 2 is 2.13 bits per heavy atom. The van der Waals surface area contributed by atoms with Gasteiger partial charge in [0.2, 0.25) is 0 Å². The molecule has 3 nitrogen and oxygen atoms in total. The summed E-state index contributed by atoms with van der Waals surface area (Å²) in [5.74, 6) is 6.34. The van der Waals surface area contributed by atoms with E-state index in [1.54, 1.807) is 0 Å². The van der Waals surface area contributed by atoms with Gasteiger partial charge < -0.3 is 5.43 Å². The molecule has 0 amide bonds. The van der Waals surface area contributed by atoms with Crippen LogP contribution in [0.4, 0.5) is 0 Å². The largest absolute Gasteiger partial charge is 0.308 e. The van der Waals surface area contributed by atoms with Crippen LogP contribution in [0.5, 0.6) is 0 Å². The van der Waals surface area contributed by atoms with Gasteiger partial charge in [0.05, 0.1) is 6.04 Å². The van der Waals surface area contributed by atoms with E-state index in [0.717, 1.165) is 11.4 Å². The molecule has 2 rings (SSSR count). The maximum absolute atomic E-state index is 5.52. The second-order valence-corrected chi connectivity index (χ2v) is 4.10. The van der Waals surface area contributed by atoms with Crippen LogP contribution in [0.15, 0.2) is 23.2 Å². The Morgan fingerprint density at radius 3 is 2.73 bits per heavy atom. The number of benzene rings is 1. The van der Waals surface area contributed by atoms with Gasteiger partial charge >= 0.3 is 0 Å². The highest BCUT2D eigenvalue weighted by atomic mass is 15.3. The number of nitrogens with one attached hydrogen (secondary N) is 1. The lowest BCUT2D eigenvalue weighted by Crippen LogP contribution is -2.32. The lowest BCUT2D eigenvalue weighted by Gasteiger charge is -2.10. The zero-order chi connectivity index (χ0) is 10.8. The summed E-state index contributed by atoms with van der Waals surface area (Å²) in [7, 11) is 0. The van der Waals surface area contributed by atoms with Crippen LogP contribution in [0.2, 0.25) is 0 Å². The van der Waals surface area contributed by atoms with Gasteiger partial charge in [0.25, 0.3) is 0 Å². The van der Waals surface area contributed by atoms with Crippen LogP contribution in [-0.4, -0.2) is 11.9 Å².